The third-order valence-corrected chi connectivity index (χ3v) is 3.64. The molecule has 2 N–H and O–H groups in total. The van der Waals surface area contributed by atoms with E-state index < -0.39 is 0 Å². The fraction of sp³-hybridized carbons (Fsp3) is 0.250. The predicted octanol–water partition coefficient (Wildman–Crippen LogP) is 3.01. The Morgan fingerprint density at radius 1 is 1.35 bits per heavy atom. The first-order chi connectivity index (χ1) is 8.15. The summed E-state index contributed by atoms with van der Waals surface area (Å²) < 4.78 is 0.828. The molecule has 0 atom stereocenters. The van der Waals surface area contributed by atoms with Crippen molar-refractivity contribution < 1.29 is 0 Å². The maximum Gasteiger partial charge on any atom is 0.127 e. The molecule has 0 aromatic carbocycles. The van der Waals surface area contributed by atoms with Crippen LogP contribution in [0.25, 0.3) is 0 Å². The molecular formula is C12H14ClN3S. The Balaban J connectivity index is 1.98. The molecule has 0 fully saturated rings. The van der Waals surface area contributed by atoms with Crippen LogP contribution in [0.5, 0.6) is 0 Å². The molecule has 90 valence electrons. The third-order valence-electron chi connectivity index (χ3n) is 2.42. The van der Waals surface area contributed by atoms with Crippen molar-refractivity contribution in [3.8, 4) is 0 Å². The summed E-state index contributed by atoms with van der Waals surface area (Å²) in [4.78, 5) is 7.52. The molecule has 0 unspecified atom stereocenters. The van der Waals surface area contributed by atoms with Gasteiger partial charge in [-0.2, -0.15) is 0 Å². The van der Waals surface area contributed by atoms with Crippen molar-refractivity contribution in [2.75, 3.05) is 12.8 Å². The first kappa shape index (κ1) is 12.4. The maximum absolute atomic E-state index is 5.90. The van der Waals surface area contributed by atoms with Crippen LogP contribution in [0.4, 0.5) is 5.82 Å². The van der Waals surface area contributed by atoms with Crippen molar-refractivity contribution in [1.82, 2.24) is 9.88 Å². The number of rotatable bonds is 4. The van der Waals surface area contributed by atoms with Gasteiger partial charge in [0.15, 0.2) is 0 Å². The van der Waals surface area contributed by atoms with E-state index in [0.717, 1.165) is 23.0 Å². The normalized spacial score (nSPS) is 11.0. The van der Waals surface area contributed by atoms with E-state index in [4.69, 9.17) is 17.3 Å². The smallest absolute Gasteiger partial charge is 0.127 e. The molecule has 0 bridgehead atoms. The fourth-order valence-electron chi connectivity index (χ4n) is 1.63. The lowest BCUT2D eigenvalue weighted by Crippen LogP contribution is -2.17. The van der Waals surface area contributed by atoms with Gasteiger partial charge in [-0.15, -0.1) is 11.3 Å². The predicted molar refractivity (Wildman–Crippen MR) is 73.1 cm³/mol. The molecule has 0 saturated carbocycles. The molecule has 0 aliphatic carbocycles. The third kappa shape index (κ3) is 3.43. The highest BCUT2D eigenvalue weighted by Crippen LogP contribution is 2.23. The van der Waals surface area contributed by atoms with Gasteiger partial charge >= 0.3 is 0 Å². The average molecular weight is 268 g/mol. The van der Waals surface area contributed by atoms with E-state index >= 15 is 0 Å². The molecule has 0 saturated heterocycles. The van der Waals surface area contributed by atoms with Crippen molar-refractivity contribution >= 4 is 28.8 Å². The van der Waals surface area contributed by atoms with E-state index in [2.05, 4.69) is 23.0 Å². The van der Waals surface area contributed by atoms with Crippen molar-refractivity contribution in [1.29, 1.82) is 0 Å². The highest BCUT2D eigenvalue weighted by molar-refractivity contribution is 7.16. The molecule has 2 heterocycles. The summed E-state index contributed by atoms with van der Waals surface area (Å²) in [6.07, 6.45) is 1.71. The highest BCUT2D eigenvalue weighted by atomic mass is 35.5. The van der Waals surface area contributed by atoms with Gasteiger partial charge in [0.2, 0.25) is 0 Å². The molecule has 0 spiro atoms. The number of anilines is 1. The number of pyridine rings is 1. The van der Waals surface area contributed by atoms with E-state index in [0.29, 0.717) is 5.82 Å². The summed E-state index contributed by atoms with van der Waals surface area (Å²) in [5.74, 6) is 0.601. The van der Waals surface area contributed by atoms with Crippen LogP contribution in [0.1, 0.15) is 10.4 Å². The van der Waals surface area contributed by atoms with E-state index in [-0.39, 0.29) is 0 Å². The average Bonchev–Trinajstić information content (AvgIpc) is 2.67. The van der Waals surface area contributed by atoms with Crippen LogP contribution in [0, 0.1) is 0 Å². The number of hydrogen-bond donors (Lipinski definition) is 1. The topological polar surface area (TPSA) is 42.2 Å². The number of nitrogen functional groups attached to an aromatic ring is 1. The molecule has 2 aromatic heterocycles. The van der Waals surface area contributed by atoms with Crippen LogP contribution in [-0.2, 0) is 13.1 Å². The standard InChI is InChI=1S/C12H14ClN3S/c1-16(8-10-4-5-11(13)17-10)7-9-3-2-6-15-12(9)14/h2-6H,7-8H2,1H3,(H2,14,15). The highest BCUT2D eigenvalue weighted by Gasteiger charge is 2.06. The zero-order valence-electron chi connectivity index (χ0n) is 9.56. The number of hydrogen-bond acceptors (Lipinski definition) is 4. The van der Waals surface area contributed by atoms with E-state index in [1.54, 1.807) is 17.5 Å². The van der Waals surface area contributed by atoms with Crippen molar-refractivity contribution in [2.24, 2.45) is 0 Å². The largest absolute Gasteiger partial charge is 0.383 e. The molecule has 17 heavy (non-hydrogen) atoms. The lowest BCUT2D eigenvalue weighted by molar-refractivity contribution is 0.322. The Kier molecular flexibility index (Phi) is 3.99. The lowest BCUT2D eigenvalue weighted by atomic mass is 10.2. The molecule has 0 amide bonds. The molecule has 0 aliphatic rings. The minimum absolute atomic E-state index is 0.601. The molecular weight excluding hydrogens is 254 g/mol. The number of thiophene rings is 1. The van der Waals surface area contributed by atoms with E-state index in [1.165, 1.54) is 4.88 Å². The number of nitrogens with two attached hydrogens (primary N) is 1. The second-order valence-corrected chi connectivity index (χ2v) is 5.73. The zero-order chi connectivity index (χ0) is 12.3. The summed E-state index contributed by atoms with van der Waals surface area (Å²) in [5, 5.41) is 0. The summed E-state index contributed by atoms with van der Waals surface area (Å²) in [5.41, 5.74) is 6.86. The quantitative estimate of drug-likeness (QED) is 0.926. The van der Waals surface area contributed by atoms with E-state index in [9.17, 15) is 0 Å². The van der Waals surface area contributed by atoms with Crippen LogP contribution < -0.4 is 5.73 Å². The van der Waals surface area contributed by atoms with Gasteiger partial charge in [-0.05, 0) is 25.2 Å². The second-order valence-electron chi connectivity index (χ2n) is 3.93. The van der Waals surface area contributed by atoms with Crippen molar-refractivity contribution in [3.63, 3.8) is 0 Å². The fourth-order valence-corrected chi connectivity index (χ4v) is 2.80. The summed E-state index contributed by atoms with van der Waals surface area (Å²) >= 11 is 7.51. The van der Waals surface area contributed by atoms with Crippen LogP contribution in [0.3, 0.4) is 0 Å². The first-order valence-electron chi connectivity index (χ1n) is 5.27. The van der Waals surface area contributed by atoms with Gasteiger partial charge < -0.3 is 5.73 Å². The minimum atomic E-state index is 0.601. The SMILES string of the molecule is CN(Cc1ccc(Cl)s1)Cc1cccnc1N. The summed E-state index contributed by atoms with van der Waals surface area (Å²) in [6, 6.07) is 7.88. The van der Waals surface area contributed by atoms with Crippen molar-refractivity contribution in [2.45, 2.75) is 13.1 Å². The molecule has 0 radical (unpaired) electrons. The minimum Gasteiger partial charge on any atom is -0.383 e. The Morgan fingerprint density at radius 3 is 2.82 bits per heavy atom. The van der Waals surface area contributed by atoms with Crippen molar-refractivity contribution in [3.05, 3.63) is 45.2 Å². The molecule has 2 rings (SSSR count). The zero-order valence-corrected chi connectivity index (χ0v) is 11.1. The van der Waals surface area contributed by atoms with E-state index in [1.807, 2.05) is 18.2 Å². The van der Waals surface area contributed by atoms with Crippen LogP contribution in [0.15, 0.2) is 30.5 Å². The maximum atomic E-state index is 5.90. The summed E-state index contributed by atoms with van der Waals surface area (Å²) in [6.45, 7) is 1.65. The van der Waals surface area contributed by atoms with Gasteiger partial charge in [-0.1, -0.05) is 17.7 Å². The van der Waals surface area contributed by atoms with Gasteiger partial charge in [0.05, 0.1) is 4.34 Å². The first-order valence-corrected chi connectivity index (χ1v) is 6.46. The Hall–Kier alpha value is -1.10. The number of halogens is 1. The molecule has 2 aromatic rings. The molecule has 5 heteroatoms. The Morgan fingerprint density at radius 2 is 2.18 bits per heavy atom. The van der Waals surface area contributed by atoms with Crippen LogP contribution >= 0.6 is 22.9 Å². The lowest BCUT2D eigenvalue weighted by Gasteiger charge is -2.16. The van der Waals surface area contributed by atoms with Gasteiger partial charge in [-0.3, -0.25) is 4.90 Å². The number of aromatic nitrogens is 1. The summed E-state index contributed by atoms with van der Waals surface area (Å²) in [7, 11) is 2.06. The molecule has 3 nitrogen and oxygen atoms in total. The van der Waals surface area contributed by atoms with Crippen LogP contribution in [-0.4, -0.2) is 16.9 Å². The number of nitrogens with zero attached hydrogens (tertiary/aromatic N) is 2. The van der Waals surface area contributed by atoms with Gasteiger partial charge in [0, 0.05) is 29.7 Å². The van der Waals surface area contributed by atoms with Gasteiger partial charge in [-0.25, -0.2) is 4.98 Å². The Bertz CT molecular complexity index is 498. The van der Waals surface area contributed by atoms with Crippen LogP contribution in [0.2, 0.25) is 4.34 Å². The van der Waals surface area contributed by atoms with Gasteiger partial charge in [0.1, 0.15) is 5.82 Å². The molecule has 0 aliphatic heterocycles. The second kappa shape index (κ2) is 5.49. The van der Waals surface area contributed by atoms with Gasteiger partial charge in [0.25, 0.3) is 0 Å². The Labute approximate surface area is 110 Å². The monoisotopic (exact) mass is 267 g/mol.